The van der Waals surface area contributed by atoms with Gasteiger partial charge in [-0.2, -0.15) is 0 Å². The first-order chi connectivity index (χ1) is 12.5. The third-order valence-corrected chi connectivity index (χ3v) is 4.78. The second kappa shape index (κ2) is 7.84. The Hall–Kier alpha value is -2.45. The molecule has 1 aliphatic rings. The normalized spacial score (nSPS) is 15.1. The summed E-state index contributed by atoms with van der Waals surface area (Å²) < 4.78 is 0. The molecule has 2 aromatic rings. The van der Waals surface area contributed by atoms with Crippen LogP contribution in [-0.4, -0.2) is 52.5 Å². The highest BCUT2D eigenvalue weighted by atomic mass is 35.5. The van der Waals surface area contributed by atoms with Gasteiger partial charge in [-0.05, 0) is 37.2 Å². The van der Waals surface area contributed by atoms with Crippen molar-refractivity contribution >= 4 is 34.6 Å². The topological polar surface area (TPSA) is 87.4 Å². The van der Waals surface area contributed by atoms with Crippen molar-refractivity contribution in [3.05, 3.63) is 45.2 Å². The smallest absolute Gasteiger partial charge is 0.348 e. The van der Waals surface area contributed by atoms with Crippen LogP contribution in [0.2, 0.25) is 5.02 Å². The quantitative estimate of drug-likeness (QED) is 0.633. The zero-order valence-corrected chi connectivity index (χ0v) is 15.5. The van der Waals surface area contributed by atoms with Gasteiger partial charge in [0.15, 0.2) is 0 Å². The van der Waals surface area contributed by atoms with E-state index < -0.39 is 4.92 Å². The maximum absolute atomic E-state index is 11.8. The van der Waals surface area contributed by atoms with E-state index in [2.05, 4.69) is 27.1 Å². The molecule has 8 nitrogen and oxygen atoms in total. The van der Waals surface area contributed by atoms with Crippen molar-refractivity contribution in [2.24, 2.45) is 0 Å². The Morgan fingerprint density at radius 1 is 1.27 bits per heavy atom. The fourth-order valence-electron chi connectivity index (χ4n) is 3.03. The fraction of sp³-hybridized carbons (Fsp3) is 0.412. The minimum Gasteiger partial charge on any atom is -0.348 e. The number of nitro groups is 1. The van der Waals surface area contributed by atoms with Crippen LogP contribution in [0.3, 0.4) is 0 Å². The average molecular weight is 377 g/mol. The van der Waals surface area contributed by atoms with Gasteiger partial charge in [0.1, 0.15) is 6.33 Å². The maximum Gasteiger partial charge on any atom is 0.353 e. The number of piperazine rings is 1. The molecule has 0 unspecified atom stereocenters. The van der Waals surface area contributed by atoms with E-state index in [1.807, 2.05) is 11.8 Å². The maximum atomic E-state index is 11.8. The zero-order chi connectivity index (χ0) is 18.7. The summed E-state index contributed by atoms with van der Waals surface area (Å²) in [6.45, 7) is 8.08. The molecule has 9 heteroatoms. The predicted molar refractivity (Wildman–Crippen MR) is 102 cm³/mol. The molecule has 0 saturated carbocycles. The van der Waals surface area contributed by atoms with Crippen LogP contribution in [0, 0.1) is 17.0 Å². The van der Waals surface area contributed by atoms with Crippen molar-refractivity contribution in [2.75, 3.05) is 42.9 Å². The van der Waals surface area contributed by atoms with E-state index in [-0.39, 0.29) is 11.5 Å². The molecular formula is C17H21ClN6O2. The van der Waals surface area contributed by atoms with Gasteiger partial charge in [0, 0.05) is 36.9 Å². The van der Waals surface area contributed by atoms with Crippen LogP contribution in [0.15, 0.2) is 24.5 Å². The monoisotopic (exact) mass is 376 g/mol. The Kier molecular flexibility index (Phi) is 5.53. The molecule has 1 aliphatic heterocycles. The van der Waals surface area contributed by atoms with Gasteiger partial charge in [0.05, 0.1) is 4.92 Å². The third kappa shape index (κ3) is 3.86. The minimum absolute atomic E-state index is 0.105. The summed E-state index contributed by atoms with van der Waals surface area (Å²) in [5, 5.41) is 15.4. The average Bonchev–Trinajstić information content (AvgIpc) is 2.63. The van der Waals surface area contributed by atoms with Gasteiger partial charge >= 0.3 is 5.69 Å². The number of benzene rings is 1. The second-order valence-corrected chi connectivity index (χ2v) is 6.59. The van der Waals surface area contributed by atoms with Crippen LogP contribution in [0.4, 0.5) is 23.0 Å². The standard InChI is InChI=1S/C17H21ClN6O2/c1-3-22-6-8-23(9-7-22)17-15(24(25)26)16(19-11-20-17)21-14-5-4-13(18)10-12(14)2/h4-5,10-11H,3,6-9H2,1-2H3,(H,19,20,21). The third-order valence-electron chi connectivity index (χ3n) is 4.55. The minimum atomic E-state index is -0.422. The molecular weight excluding hydrogens is 356 g/mol. The highest BCUT2D eigenvalue weighted by Gasteiger charge is 2.29. The number of hydrogen-bond donors (Lipinski definition) is 1. The van der Waals surface area contributed by atoms with Gasteiger partial charge in [0.2, 0.25) is 11.6 Å². The molecule has 138 valence electrons. The molecule has 1 N–H and O–H groups in total. The number of anilines is 3. The van der Waals surface area contributed by atoms with Gasteiger partial charge in [-0.15, -0.1) is 0 Å². The molecule has 26 heavy (non-hydrogen) atoms. The fourth-order valence-corrected chi connectivity index (χ4v) is 3.26. The molecule has 1 aromatic carbocycles. The lowest BCUT2D eigenvalue weighted by atomic mass is 10.2. The first kappa shape index (κ1) is 18.3. The van der Waals surface area contributed by atoms with Crippen molar-refractivity contribution in [2.45, 2.75) is 13.8 Å². The summed E-state index contributed by atoms with van der Waals surface area (Å²) in [5.41, 5.74) is 1.49. The van der Waals surface area contributed by atoms with Gasteiger partial charge in [-0.1, -0.05) is 18.5 Å². The van der Waals surface area contributed by atoms with Crippen LogP contribution >= 0.6 is 11.6 Å². The molecule has 1 fully saturated rings. The lowest BCUT2D eigenvalue weighted by molar-refractivity contribution is -0.383. The molecule has 0 bridgehead atoms. The summed E-state index contributed by atoms with van der Waals surface area (Å²) in [5.74, 6) is 0.540. The first-order valence-electron chi connectivity index (χ1n) is 8.49. The molecule has 1 saturated heterocycles. The summed E-state index contributed by atoms with van der Waals surface area (Å²) in [6.07, 6.45) is 1.36. The summed E-state index contributed by atoms with van der Waals surface area (Å²) in [4.78, 5) is 23.9. The van der Waals surface area contributed by atoms with Crippen LogP contribution in [-0.2, 0) is 0 Å². The van der Waals surface area contributed by atoms with E-state index in [1.165, 1.54) is 6.33 Å². The number of nitrogens with zero attached hydrogens (tertiary/aromatic N) is 5. The highest BCUT2D eigenvalue weighted by Crippen LogP contribution is 2.34. The molecule has 0 aliphatic carbocycles. The van der Waals surface area contributed by atoms with Crippen molar-refractivity contribution in [3.8, 4) is 0 Å². The van der Waals surface area contributed by atoms with Crippen LogP contribution in [0.5, 0.6) is 0 Å². The van der Waals surface area contributed by atoms with Crippen molar-refractivity contribution in [3.63, 3.8) is 0 Å². The Balaban J connectivity index is 1.93. The molecule has 0 atom stereocenters. The Bertz CT molecular complexity index is 808. The first-order valence-corrected chi connectivity index (χ1v) is 8.87. The Morgan fingerprint density at radius 2 is 2.00 bits per heavy atom. The van der Waals surface area contributed by atoms with Gasteiger partial charge in [-0.3, -0.25) is 10.1 Å². The molecule has 0 amide bonds. The highest BCUT2D eigenvalue weighted by molar-refractivity contribution is 6.30. The van der Waals surface area contributed by atoms with Gasteiger partial charge < -0.3 is 15.1 Å². The van der Waals surface area contributed by atoms with Gasteiger partial charge in [0.25, 0.3) is 0 Å². The predicted octanol–water partition coefficient (Wildman–Crippen LogP) is 3.23. The second-order valence-electron chi connectivity index (χ2n) is 6.16. The van der Waals surface area contributed by atoms with E-state index in [9.17, 15) is 10.1 Å². The van der Waals surface area contributed by atoms with Crippen LogP contribution in [0.25, 0.3) is 0 Å². The molecule has 2 heterocycles. The largest absolute Gasteiger partial charge is 0.353 e. The van der Waals surface area contributed by atoms with E-state index in [0.717, 1.165) is 30.9 Å². The number of halogens is 1. The van der Waals surface area contributed by atoms with Crippen molar-refractivity contribution < 1.29 is 4.92 Å². The molecule has 0 spiro atoms. The summed E-state index contributed by atoms with van der Waals surface area (Å²) >= 11 is 5.98. The van der Waals surface area contributed by atoms with Crippen molar-refractivity contribution in [1.82, 2.24) is 14.9 Å². The van der Waals surface area contributed by atoms with E-state index in [1.54, 1.807) is 18.2 Å². The lowest BCUT2D eigenvalue weighted by Crippen LogP contribution is -2.46. The molecule has 3 rings (SSSR count). The SMILES string of the molecule is CCN1CCN(c2ncnc(Nc3ccc(Cl)cc3C)c2[N+](=O)[O-])CC1. The number of likely N-dealkylation sites (N-methyl/N-ethyl adjacent to an activating group) is 1. The number of hydrogen-bond acceptors (Lipinski definition) is 7. The van der Waals surface area contributed by atoms with Crippen LogP contribution < -0.4 is 10.2 Å². The Morgan fingerprint density at radius 3 is 2.62 bits per heavy atom. The van der Waals surface area contributed by atoms with E-state index in [0.29, 0.717) is 23.9 Å². The van der Waals surface area contributed by atoms with E-state index in [4.69, 9.17) is 11.6 Å². The van der Waals surface area contributed by atoms with Crippen molar-refractivity contribution in [1.29, 1.82) is 0 Å². The van der Waals surface area contributed by atoms with Gasteiger partial charge in [-0.25, -0.2) is 9.97 Å². The number of aryl methyl sites for hydroxylation is 1. The lowest BCUT2D eigenvalue weighted by Gasteiger charge is -2.34. The number of rotatable bonds is 5. The van der Waals surface area contributed by atoms with E-state index >= 15 is 0 Å². The summed E-state index contributed by atoms with van der Waals surface area (Å²) in [6, 6.07) is 5.31. The number of nitrogens with one attached hydrogen (secondary N) is 1. The summed E-state index contributed by atoms with van der Waals surface area (Å²) in [7, 11) is 0. The molecule has 0 radical (unpaired) electrons. The van der Waals surface area contributed by atoms with Crippen LogP contribution in [0.1, 0.15) is 12.5 Å². The zero-order valence-electron chi connectivity index (χ0n) is 14.8. The number of aromatic nitrogens is 2. The Labute approximate surface area is 157 Å². The molecule has 1 aromatic heterocycles.